The molecule has 0 spiro atoms. The Hall–Kier alpha value is -3.15. The quantitative estimate of drug-likeness (QED) is 0.723. The van der Waals surface area contributed by atoms with Crippen LogP contribution in [0.2, 0.25) is 0 Å². The number of hydrogen-bond acceptors (Lipinski definition) is 5. The molecular formula is C21H24N4O2. The number of hydrogen-bond donors (Lipinski definition) is 1. The number of anilines is 1. The molecule has 1 amide bonds. The van der Waals surface area contributed by atoms with Gasteiger partial charge in [0.2, 0.25) is 5.95 Å². The van der Waals surface area contributed by atoms with Crippen molar-refractivity contribution >= 4 is 22.6 Å². The third-order valence-electron chi connectivity index (χ3n) is 4.54. The Balaban J connectivity index is 1.90. The van der Waals surface area contributed by atoms with Crippen LogP contribution in [-0.4, -0.2) is 33.9 Å². The first-order valence-corrected chi connectivity index (χ1v) is 9.07. The molecule has 1 aromatic heterocycles. The van der Waals surface area contributed by atoms with E-state index < -0.39 is 0 Å². The third-order valence-corrected chi connectivity index (χ3v) is 4.54. The maximum absolute atomic E-state index is 12.9. The fourth-order valence-electron chi connectivity index (χ4n) is 3.12. The molecule has 0 aliphatic heterocycles. The number of amides is 1. The van der Waals surface area contributed by atoms with Gasteiger partial charge in [0.25, 0.3) is 5.91 Å². The van der Waals surface area contributed by atoms with Gasteiger partial charge in [0.15, 0.2) is 0 Å². The molecule has 0 saturated carbocycles. The summed E-state index contributed by atoms with van der Waals surface area (Å²) in [6, 6.07) is 14.0. The zero-order valence-electron chi connectivity index (χ0n) is 15.9. The van der Waals surface area contributed by atoms with Crippen LogP contribution in [0.1, 0.15) is 35.6 Å². The molecule has 2 aromatic carbocycles. The number of carbonyl (C=O) groups is 1. The van der Waals surface area contributed by atoms with Crippen molar-refractivity contribution in [2.45, 2.75) is 27.4 Å². The van der Waals surface area contributed by atoms with Crippen molar-refractivity contribution in [3.05, 3.63) is 59.4 Å². The lowest BCUT2D eigenvalue weighted by molar-refractivity contribution is 0.0768. The number of nitrogens with zero attached hydrogens (tertiary/aromatic N) is 3. The Bertz CT molecular complexity index is 968. The van der Waals surface area contributed by atoms with Crippen molar-refractivity contribution in [2.24, 2.45) is 0 Å². The van der Waals surface area contributed by atoms with E-state index in [1.165, 1.54) is 0 Å². The minimum absolute atomic E-state index is 0.102. The molecule has 2 N–H and O–H groups in total. The van der Waals surface area contributed by atoms with E-state index in [9.17, 15) is 4.79 Å². The first-order chi connectivity index (χ1) is 13.0. The number of ether oxygens (including phenoxy) is 1. The zero-order valence-corrected chi connectivity index (χ0v) is 15.9. The largest absolute Gasteiger partial charge is 0.487 e. The van der Waals surface area contributed by atoms with E-state index in [1.807, 2.05) is 50.2 Å². The smallest absolute Gasteiger partial charge is 0.257 e. The second-order valence-corrected chi connectivity index (χ2v) is 6.26. The van der Waals surface area contributed by atoms with E-state index in [-0.39, 0.29) is 18.5 Å². The summed E-state index contributed by atoms with van der Waals surface area (Å²) in [5.41, 5.74) is 7.35. The molecule has 0 bridgehead atoms. The summed E-state index contributed by atoms with van der Waals surface area (Å²) in [7, 11) is 0. The molecule has 140 valence electrons. The average molecular weight is 364 g/mol. The highest BCUT2D eigenvalue weighted by atomic mass is 16.5. The Labute approximate surface area is 159 Å². The number of carbonyl (C=O) groups excluding carboxylic acids is 1. The van der Waals surface area contributed by atoms with Crippen molar-refractivity contribution in [1.82, 2.24) is 14.9 Å². The van der Waals surface area contributed by atoms with Crippen molar-refractivity contribution in [3.63, 3.8) is 0 Å². The maximum atomic E-state index is 12.9. The lowest BCUT2D eigenvalue weighted by Gasteiger charge is -2.21. The molecule has 0 radical (unpaired) electrons. The Morgan fingerprint density at radius 1 is 1.07 bits per heavy atom. The van der Waals surface area contributed by atoms with Gasteiger partial charge in [-0.05, 0) is 43.7 Å². The van der Waals surface area contributed by atoms with E-state index in [4.69, 9.17) is 10.5 Å². The van der Waals surface area contributed by atoms with E-state index in [2.05, 4.69) is 16.0 Å². The summed E-state index contributed by atoms with van der Waals surface area (Å²) < 4.78 is 5.93. The first kappa shape index (κ1) is 18.6. The van der Waals surface area contributed by atoms with Gasteiger partial charge in [-0.1, -0.05) is 30.3 Å². The predicted octanol–water partition coefficient (Wildman–Crippen LogP) is 3.58. The molecule has 3 rings (SSSR count). The molecule has 0 aliphatic carbocycles. The fraction of sp³-hybridized carbons (Fsp3) is 0.286. The molecule has 0 aliphatic rings. The van der Waals surface area contributed by atoms with Gasteiger partial charge in [-0.15, -0.1) is 0 Å². The normalized spacial score (nSPS) is 10.8. The summed E-state index contributed by atoms with van der Waals surface area (Å²) >= 11 is 0. The molecule has 3 aromatic rings. The summed E-state index contributed by atoms with van der Waals surface area (Å²) in [6.07, 6.45) is 0. The zero-order chi connectivity index (χ0) is 19.4. The third kappa shape index (κ3) is 4.00. The van der Waals surface area contributed by atoms with Gasteiger partial charge in [-0.25, -0.2) is 9.97 Å². The highest BCUT2D eigenvalue weighted by Gasteiger charge is 2.22. The molecule has 0 saturated heterocycles. The fourth-order valence-corrected chi connectivity index (χ4v) is 3.12. The highest BCUT2D eigenvalue weighted by molar-refractivity contribution is 5.96. The number of aromatic nitrogens is 2. The minimum Gasteiger partial charge on any atom is -0.487 e. The van der Waals surface area contributed by atoms with Crippen molar-refractivity contribution < 1.29 is 9.53 Å². The number of fused-ring (bicyclic) bond motifs is 1. The molecule has 6 nitrogen and oxygen atoms in total. The van der Waals surface area contributed by atoms with Crippen LogP contribution >= 0.6 is 0 Å². The molecular weight excluding hydrogens is 340 g/mol. The molecule has 27 heavy (non-hydrogen) atoms. The predicted molar refractivity (Wildman–Crippen MR) is 107 cm³/mol. The number of nitrogen functional groups attached to an aromatic ring is 1. The van der Waals surface area contributed by atoms with Crippen LogP contribution in [0.15, 0.2) is 42.5 Å². The second kappa shape index (κ2) is 8.03. The van der Waals surface area contributed by atoms with E-state index in [1.54, 1.807) is 11.8 Å². The number of rotatable bonds is 6. The highest BCUT2D eigenvalue weighted by Crippen LogP contribution is 2.22. The van der Waals surface area contributed by atoms with Gasteiger partial charge in [0.1, 0.15) is 12.4 Å². The summed E-state index contributed by atoms with van der Waals surface area (Å²) in [5.74, 6) is 0.750. The lowest BCUT2D eigenvalue weighted by Crippen LogP contribution is -2.32. The Morgan fingerprint density at radius 3 is 2.48 bits per heavy atom. The number of benzene rings is 2. The van der Waals surface area contributed by atoms with Crippen LogP contribution in [0.3, 0.4) is 0 Å². The van der Waals surface area contributed by atoms with Gasteiger partial charge in [-0.2, -0.15) is 0 Å². The van der Waals surface area contributed by atoms with Crippen LogP contribution in [0.25, 0.3) is 10.8 Å². The van der Waals surface area contributed by atoms with E-state index >= 15 is 0 Å². The minimum atomic E-state index is -0.102. The number of nitrogens with two attached hydrogens (primary N) is 1. The van der Waals surface area contributed by atoms with Crippen LogP contribution in [0.5, 0.6) is 5.75 Å². The van der Waals surface area contributed by atoms with Crippen LogP contribution in [0, 0.1) is 6.92 Å². The van der Waals surface area contributed by atoms with Crippen LogP contribution < -0.4 is 10.5 Å². The standard InChI is InChI=1S/C21H24N4O2/c1-4-25(5-2)20(26)19-14(3)23-21(22)24-18(19)13-27-17-11-10-15-8-6-7-9-16(15)12-17/h6-12H,4-5,13H2,1-3H3,(H2,22,23,24). The van der Waals surface area contributed by atoms with Gasteiger partial charge in [0.05, 0.1) is 17.0 Å². The molecule has 0 unspecified atom stereocenters. The van der Waals surface area contributed by atoms with Crippen LogP contribution in [-0.2, 0) is 6.61 Å². The van der Waals surface area contributed by atoms with Crippen molar-refractivity contribution in [3.8, 4) is 5.75 Å². The van der Waals surface area contributed by atoms with Gasteiger partial charge in [-0.3, -0.25) is 4.79 Å². The average Bonchev–Trinajstić information content (AvgIpc) is 2.66. The summed E-state index contributed by atoms with van der Waals surface area (Å²) in [5, 5.41) is 2.23. The van der Waals surface area contributed by atoms with Gasteiger partial charge >= 0.3 is 0 Å². The first-order valence-electron chi connectivity index (χ1n) is 9.07. The SMILES string of the molecule is CCN(CC)C(=O)c1c(C)nc(N)nc1COc1ccc2ccccc2c1. The van der Waals surface area contributed by atoms with Crippen molar-refractivity contribution in [1.29, 1.82) is 0 Å². The van der Waals surface area contributed by atoms with E-state index in [0.717, 1.165) is 10.8 Å². The lowest BCUT2D eigenvalue weighted by atomic mass is 10.1. The van der Waals surface area contributed by atoms with Gasteiger partial charge < -0.3 is 15.4 Å². The maximum Gasteiger partial charge on any atom is 0.257 e. The van der Waals surface area contributed by atoms with Crippen molar-refractivity contribution in [2.75, 3.05) is 18.8 Å². The molecule has 0 fully saturated rings. The summed E-state index contributed by atoms with van der Waals surface area (Å²) in [4.78, 5) is 23.1. The molecule has 1 heterocycles. The second-order valence-electron chi connectivity index (χ2n) is 6.26. The molecule has 6 heteroatoms. The van der Waals surface area contributed by atoms with Gasteiger partial charge in [0, 0.05) is 13.1 Å². The summed E-state index contributed by atoms with van der Waals surface area (Å²) in [6.45, 7) is 7.04. The number of aryl methyl sites for hydroxylation is 1. The van der Waals surface area contributed by atoms with Crippen LogP contribution in [0.4, 0.5) is 5.95 Å². The van der Waals surface area contributed by atoms with E-state index in [0.29, 0.717) is 35.8 Å². The topological polar surface area (TPSA) is 81.3 Å². The Morgan fingerprint density at radius 2 is 1.78 bits per heavy atom. The monoisotopic (exact) mass is 364 g/mol. The Kier molecular flexibility index (Phi) is 5.54. The molecule has 0 atom stereocenters.